The third-order valence-corrected chi connectivity index (χ3v) is 5.82. The van der Waals surface area contributed by atoms with Crippen molar-refractivity contribution in [2.45, 2.75) is 78.1 Å². The van der Waals surface area contributed by atoms with Crippen LogP contribution < -0.4 is 15.4 Å². The Morgan fingerprint density at radius 3 is 2.35 bits per heavy atom. The average molecular weight is 467 g/mol. The van der Waals surface area contributed by atoms with Crippen LogP contribution in [0.4, 0.5) is 5.69 Å². The van der Waals surface area contributed by atoms with Gasteiger partial charge in [-0.2, -0.15) is 0 Å². The molecular weight excluding hydrogens is 428 g/mol. The zero-order valence-electron chi connectivity index (χ0n) is 21.3. The second-order valence-electron chi connectivity index (χ2n) is 9.71. The fourth-order valence-electron chi connectivity index (χ4n) is 4.11. The lowest BCUT2D eigenvalue weighted by molar-refractivity contribution is -0.118. The minimum Gasteiger partial charge on any atom is -0.496 e. The zero-order chi connectivity index (χ0) is 25.3. The van der Waals surface area contributed by atoms with Gasteiger partial charge in [-0.3, -0.25) is 19.7 Å². The molecule has 1 unspecified atom stereocenters. The van der Waals surface area contributed by atoms with E-state index in [1.807, 2.05) is 30.3 Å². The normalized spacial score (nSPS) is 12.1. The highest BCUT2D eigenvalue weighted by Crippen LogP contribution is 2.35. The van der Waals surface area contributed by atoms with Crippen LogP contribution in [0.5, 0.6) is 5.75 Å². The predicted molar refractivity (Wildman–Crippen MR) is 136 cm³/mol. The van der Waals surface area contributed by atoms with Gasteiger partial charge in [0.2, 0.25) is 11.8 Å². The summed E-state index contributed by atoms with van der Waals surface area (Å²) in [6.45, 7) is 9.61. The molecule has 0 aliphatic heterocycles. The number of carbonyl (C=O) groups excluding carboxylic acids is 3. The number of anilines is 1. The maximum absolute atomic E-state index is 13.3. The summed E-state index contributed by atoms with van der Waals surface area (Å²) in [5.74, 6) is -0.237. The van der Waals surface area contributed by atoms with Crippen LogP contribution in [0, 0.1) is 0 Å². The van der Waals surface area contributed by atoms with E-state index in [1.54, 1.807) is 19.2 Å². The molecule has 0 saturated heterocycles. The minimum absolute atomic E-state index is 0.0185. The molecule has 184 valence electrons. The zero-order valence-corrected chi connectivity index (χ0v) is 21.3. The molecule has 0 aromatic heterocycles. The number of rotatable bonds is 10. The number of methoxy groups -OCH3 is 1. The van der Waals surface area contributed by atoms with Gasteiger partial charge < -0.3 is 10.1 Å². The topological polar surface area (TPSA) is 84.5 Å². The highest BCUT2D eigenvalue weighted by Gasteiger charge is 2.23. The summed E-state index contributed by atoms with van der Waals surface area (Å²) in [5.41, 5.74) is 2.60. The van der Waals surface area contributed by atoms with Crippen molar-refractivity contribution < 1.29 is 19.1 Å². The molecule has 2 aromatic rings. The Bertz CT molecular complexity index is 1010. The first-order valence-electron chi connectivity index (χ1n) is 12.0. The van der Waals surface area contributed by atoms with Crippen LogP contribution in [0.15, 0.2) is 42.5 Å². The van der Waals surface area contributed by atoms with Gasteiger partial charge in [0.15, 0.2) is 0 Å². The Labute approximate surface area is 203 Å². The number of carbonyl (C=O) groups is 3. The Kier molecular flexibility index (Phi) is 9.84. The first-order valence-corrected chi connectivity index (χ1v) is 12.0. The Balaban J connectivity index is 2.32. The lowest BCUT2D eigenvalue weighted by atomic mass is 9.84. The third kappa shape index (κ3) is 7.72. The van der Waals surface area contributed by atoms with E-state index in [9.17, 15) is 14.4 Å². The molecule has 34 heavy (non-hydrogen) atoms. The van der Waals surface area contributed by atoms with Crippen molar-refractivity contribution in [2.24, 2.45) is 0 Å². The predicted octanol–water partition coefficient (Wildman–Crippen LogP) is 5.96. The standard InChI is InChI=1S/C28H38N2O4/c1-7-8-9-12-20(22-13-10-11-14-25(22)34-6)18-26(32)30-24-17-21(27(33)29-19(2)31)15-16-23(24)28(3,4)5/h10-11,13-17,20H,7-9,12,18H2,1-6H3,(H,30,32)(H,29,31,33). The summed E-state index contributed by atoms with van der Waals surface area (Å²) in [6.07, 6.45) is 4.43. The van der Waals surface area contributed by atoms with Crippen LogP contribution in [0.25, 0.3) is 0 Å². The van der Waals surface area contributed by atoms with Crippen molar-refractivity contribution in [3.63, 3.8) is 0 Å². The van der Waals surface area contributed by atoms with E-state index >= 15 is 0 Å². The summed E-state index contributed by atoms with van der Waals surface area (Å²) in [4.78, 5) is 37.0. The molecule has 0 radical (unpaired) electrons. The molecule has 0 aliphatic carbocycles. The van der Waals surface area contributed by atoms with E-state index in [0.29, 0.717) is 17.7 Å². The molecule has 0 aliphatic rings. The molecular formula is C28H38N2O4. The largest absolute Gasteiger partial charge is 0.496 e. The average Bonchev–Trinajstić information content (AvgIpc) is 2.77. The van der Waals surface area contributed by atoms with Crippen molar-refractivity contribution in [3.8, 4) is 5.75 Å². The van der Waals surface area contributed by atoms with Crippen LogP contribution in [0.3, 0.4) is 0 Å². The van der Waals surface area contributed by atoms with Crippen molar-refractivity contribution in [1.82, 2.24) is 5.32 Å². The summed E-state index contributed by atoms with van der Waals surface area (Å²) in [5, 5.41) is 5.34. The number of imide groups is 1. The van der Waals surface area contributed by atoms with Crippen molar-refractivity contribution >= 4 is 23.4 Å². The maximum Gasteiger partial charge on any atom is 0.257 e. The molecule has 2 rings (SSSR count). The van der Waals surface area contributed by atoms with Gasteiger partial charge in [0.05, 0.1) is 7.11 Å². The first-order chi connectivity index (χ1) is 16.1. The number of hydrogen-bond acceptors (Lipinski definition) is 4. The molecule has 0 saturated carbocycles. The van der Waals surface area contributed by atoms with E-state index in [-0.39, 0.29) is 17.2 Å². The molecule has 2 N–H and O–H groups in total. The van der Waals surface area contributed by atoms with Crippen LogP contribution in [-0.2, 0) is 15.0 Å². The first kappa shape index (κ1) is 27.1. The van der Waals surface area contributed by atoms with Gasteiger partial charge in [-0.05, 0) is 47.1 Å². The molecule has 0 bridgehead atoms. The monoisotopic (exact) mass is 466 g/mol. The molecule has 1 atom stereocenters. The Morgan fingerprint density at radius 2 is 1.74 bits per heavy atom. The van der Waals surface area contributed by atoms with Crippen LogP contribution in [0.2, 0.25) is 0 Å². The molecule has 3 amide bonds. The second-order valence-corrected chi connectivity index (χ2v) is 9.71. The summed E-state index contributed by atoms with van der Waals surface area (Å²) in [7, 11) is 1.65. The summed E-state index contributed by atoms with van der Waals surface area (Å²) in [6, 6.07) is 13.0. The summed E-state index contributed by atoms with van der Waals surface area (Å²) >= 11 is 0. The van der Waals surface area contributed by atoms with Gasteiger partial charge in [0.1, 0.15) is 5.75 Å². The lowest BCUT2D eigenvalue weighted by Crippen LogP contribution is -2.28. The highest BCUT2D eigenvalue weighted by atomic mass is 16.5. The smallest absolute Gasteiger partial charge is 0.257 e. The van der Waals surface area contributed by atoms with Crippen molar-refractivity contribution in [1.29, 1.82) is 0 Å². The van der Waals surface area contributed by atoms with Gasteiger partial charge in [-0.25, -0.2) is 0 Å². The van der Waals surface area contributed by atoms with Gasteiger partial charge in [-0.1, -0.05) is 71.2 Å². The van der Waals surface area contributed by atoms with Gasteiger partial charge in [0, 0.05) is 24.6 Å². The van der Waals surface area contributed by atoms with E-state index in [4.69, 9.17) is 4.74 Å². The Hall–Kier alpha value is -3.15. The number of nitrogens with one attached hydrogen (secondary N) is 2. The van der Waals surface area contributed by atoms with E-state index in [1.165, 1.54) is 6.92 Å². The quantitative estimate of drug-likeness (QED) is 0.423. The van der Waals surface area contributed by atoms with E-state index in [2.05, 4.69) is 38.3 Å². The van der Waals surface area contributed by atoms with E-state index in [0.717, 1.165) is 42.6 Å². The fourth-order valence-corrected chi connectivity index (χ4v) is 4.11. The number of unbranched alkanes of at least 4 members (excludes halogenated alkanes) is 2. The number of ether oxygens (including phenoxy) is 1. The minimum atomic E-state index is -0.491. The number of hydrogen-bond donors (Lipinski definition) is 2. The number of amides is 3. The second kappa shape index (κ2) is 12.4. The summed E-state index contributed by atoms with van der Waals surface area (Å²) < 4.78 is 5.57. The SMILES string of the molecule is CCCCCC(CC(=O)Nc1cc(C(=O)NC(C)=O)ccc1C(C)(C)C)c1ccccc1OC. The van der Waals surface area contributed by atoms with Gasteiger partial charge in [0.25, 0.3) is 5.91 Å². The van der Waals surface area contributed by atoms with Crippen LogP contribution in [-0.4, -0.2) is 24.8 Å². The van der Waals surface area contributed by atoms with Crippen LogP contribution >= 0.6 is 0 Å². The molecule has 0 heterocycles. The van der Waals surface area contributed by atoms with Crippen molar-refractivity contribution in [3.05, 3.63) is 59.2 Å². The van der Waals surface area contributed by atoms with Gasteiger partial charge in [-0.15, -0.1) is 0 Å². The fraction of sp³-hybridized carbons (Fsp3) is 0.464. The number of benzene rings is 2. The van der Waals surface area contributed by atoms with Crippen molar-refractivity contribution in [2.75, 3.05) is 12.4 Å². The third-order valence-electron chi connectivity index (χ3n) is 5.82. The molecule has 2 aromatic carbocycles. The van der Waals surface area contributed by atoms with Crippen LogP contribution in [0.1, 0.15) is 94.1 Å². The van der Waals surface area contributed by atoms with Gasteiger partial charge >= 0.3 is 0 Å². The molecule has 0 fully saturated rings. The lowest BCUT2D eigenvalue weighted by Gasteiger charge is -2.25. The molecule has 6 nitrogen and oxygen atoms in total. The van der Waals surface area contributed by atoms with E-state index < -0.39 is 11.8 Å². The molecule has 6 heteroatoms. The highest BCUT2D eigenvalue weighted by molar-refractivity contribution is 6.05. The Morgan fingerprint density at radius 1 is 1.03 bits per heavy atom. The number of para-hydroxylation sites is 1. The maximum atomic E-state index is 13.3. The molecule has 0 spiro atoms.